The van der Waals surface area contributed by atoms with Crippen LogP contribution < -0.4 is 19.1 Å². The van der Waals surface area contributed by atoms with Crippen LogP contribution in [0.1, 0.15) is 24.2 Å². The van der Waals surface area contributed by atoms with Crippen LogP contribution in [0.15, 0.2) is 36.4 Å². The highest BCUT2D eigenvalue weighted by atomic mass is 32.1. The van der Waals surface area contributed by atoms with Crippen LogP contribution in [0.3, 0.4) is 0 Å². The second-order valence-corrected chi connectivity index (χ2v) is 8.15. The summed E-state index contributed by atoms with van der Waals surface area (Å²) in [5.41, 5.74) is 1.32. The third-order valence-electron chi connectivity index (χ3n) is 5.39. The Balaban J connectivity index is 1.72. The molecule has 8 heteroatoms. The van der Waals surface area contributed by atoms with Gasteiger partial charge in [-0.2, -0.15) is 0 Å². The zero-order chi connectivity index (χ0) is 21.8. The first-order chi connectivity index (χ1) is 15.1. The van der Waals surface area contributed by atoms with E-state index < -0.39 is 0 Å². The van der Waals surface area contributed by atoms with E-state index in [0.717, 1.165) is 35.6 Å². The summed E-state index contributed by atoms with van der Waals surface area (Å²) in [6.07, 6.45) is 0. The number of anilines is 1. The molecule has 0 saturated heterocycles. The maximum Gasteiger partial charge on any atom is 0.263 e. The number of benzene rings is 2. The van der Waals surface area contributed by atoms with Crippen molar-refractivity contribution in [2.45, 2.75) is 13.8 Å². The number of hydrogen-bond donors (Lipinski definition) is 0. The largest absolute Gasteiger partial charge is 0.496 e. The number of likely N-dealkylation sites (N-methyl/N-ethyl adjacent to an activating group) is 1. The zero-order valence-corrected chi connectivity index (χ0v) is 18.9. The second kappa shape index (κ2) is 9.53. The Morgan fingerprint density at radius 2 is 1.81 bits per heavy atom. The predicted molar refractivity (Wildman–Crippen MR) is 123 cm³/mol. The molecule has 0 spiro atoms. The number of rotatable bonds is 8. The molecular weight excluding hydrogens is 414 g/mol. The number of nitrogens with zero attached hydrogens (tertiary/aromatic N) is 3. The SMILES string of the molecule is CCN(CC)CCN(C(=O)c1ccccc1OC)c1nc2cc3c(cc2s1)OCCO3. The van der Waals surface area contributed by atoms with Gasteiger partial charge in [-0.25, -0.2) is 4.98 Å². The Morgan fingerprint density at radius 3 is 2.52 bits per heavy atom. The van der Waals surface area contributed by atoms with E-state index in [-0.39, 0.29) is 5.91 Å². The van der Waals surface area contributed by atoms with Gasteiger partial charge in [-0.15, -0.1) is 0 Å². The molecule has 0 atom stereocenters. The molecule has 1 aliphatic heterocycles. The van der Waals surface area contributed by atoms with Crippen molar-refractivity contribution in [2.75, 3.05) is 51.4 Å². The number of fused-ring (bicyclic) bond motifs is 2. The lowest BCUT2D eigenvalue weighted by Gasteiger charge is -2.25. The fraction of sp³-hybridized carbons (Fsp3) is 0.391. The molecule has 0 radical (unpaired) electrons. The van der Waals surface area contributed by atoms with E-state index in [1.807, 2.05) is 24.3 Å². The van der Waals surface area contributed by atoms with Crippen LogP contribution in [-0.2, 0) is 0 Å². The van der Waals surface area contributed by atoms with Crippen molar-refractivity contribution in [3.63, 3.8) is 0 Å². The third-order valence-corrected chi connectivity index (χ3v) is 6.43. The fourth-order valence-electron chi connectivity index (χ4n) is 3.60. The first-order valence-corrected chi connectivity index (χ1v) is 11.3. The Kier molecular flexibility index (Phi) is 6.58. The Morgan fingerprint density at radius 1 is 1.10 bits per heavy atom. The van der Waals surface area contributed by atoms with E-state index in [1.165, 1.54) is 11.3 Å². The van der Waals surface area contributed by atoms with Crippen LogP contribution in [0.25, 0.3) is 10.2 Å². The van der Waals surface area contributed by atoms with Gasteiger partial charge >= 0.3 is 0 Å². The highest BCUT2D eigenvalue weighted by molar-refractivity contribution is 7.22. The molecule has 0 aliphatic carbocycles. The van der Waals surface area contributed by atoms with Gasteiger partial charge in [0, 0.05) is 25.2 Å². The monoisotopic (exact) mass is 441 g/mol. The number of amides is 1. The minimum absolute atomic E-state index is 0.124. The number of para-hydroxylation sites is 1. The Hall–Kier alpha value is -2.84. The van der Waals surface area contributed by atoms with Crippen molar-refractivity contribution in [1.82, 2.24) is 9.88 Å². The van der Waals surface area contributed by atoms with Crippen LogP contribution in [-0.4, -0.2) is 62.3 Å². The fourth-order valence-corrected chi connectivity index (χ4v) is 4.60. The minimum atomic E-state index is -0.124. The Bertz CT molecular complexity index is 1020. The van der Waals surface area contributed by atoms with Crippen LogP contribution in [0.2, 0.25) is 0 Å². The highest BCUT2D eigenvalue weighted by Crippen LogP contribution is 2.39. The molecule has 1 amide bonds. The number of ether oxygens (including phenoxy) is 3. The Labute approximate surface area is 186 Å². The lowest BCUT2D eigenvalue weighted by atomic mass is 10.1. The van der Waals surface area contributed by atoms with Crippen molar-refractivity contribution < 1.29 is 19.0 Å². The molecule has 4 rings (SSSR count). The topological polar surface area (TPSA) is 64.1 Å². The number of thiazole rings is 1. The maximum absolute atomic E-state index is 13.6. The van der Waals surface area contributed by atoms with Crippen molar-refractivity contribution in [2.24, 2.45) is 0 Å². The summed E-state index contributed by atoms with van der Waals surface area (Å²) >= 11 is 1.48. The maximum atomic E-state index is 13.6. The van der Waals surface area contributed by atoms with Gasteiger partial charge in [-0.1, -0.05) is 37.3 Å². The summed E-state index contributed by atoms with van der Waals surface area (Å²) < 4.78 is 17.8. The number of methoxy groups -OCH3 is 1. The molecule has 0 bridgehead atoms. The average molecular weight is 442 g/mol. The van der Waals surface area contributed by atoms with E-state index in [1.54, 1.807) is 24.1 Å². The summed E-state index contributed by atoms with van der Waals surface area (Å²) in [5, 5.41) is 0.653. The van der Waals surface area contributed by atoms with Crippen molar-refractivity contribution in [1.29, 1.82) is 0 Å². The van der Waals surface area contributed by atoms with Gasteiger partial charge in [0.25, 0.3) is 5.91 Å². The minimum Gasteiger partial charge on any atom is -0.496 e. The summed E-state index contributed by atoms with van der Waals surface area (Å²) in [4.78, 5) is 22.4. The van der Waals surface area contributed by atoms with Crippen molar-refractivity contribution in [3.8, 4) is 17.2 Å². The van der Waals surface area contributed by atoms with Gasteiger partial charge < -0.3 is 19.1 Å². The standard InChI is InChI=1S/C23H27N3O4S/c1-4-25(5-2)10-11-26(22(27)16-8-6-7-9-18(16)28-3)23-24-17-14-19-20(15-21(17)31-23)30-13-12-29-19/h6-9,14-15H,4-5,10-13H2,1-3H3. The smallest absolute Gasteiger partial charge is 0.263 e. The molecule has 1 aromatic heterocycles. The van der Waals surface area contributed by atoms with Gasteiger partial charge in [-0.3, -0.25) is 9.69 Å². The number of hydrogen-bond acceptors (Lipinski definition) is 7. The highest BCUT2D eigenvalue weighted by Gasteiger charge is 2.25. The molecule has 31 heavy (non-hydrogen) atoms. The van der Waals surface area contributed by atoms with Crippen LogP contribution in [0.5, 0.6) is 17.2 Å². The summed E-state index contributed by atoms with van der Waals surface area (Å²) in [5.74, 6) is 1.85. The molecule has 0 fully saturated rings. The third kappa shape index (κ3) is 4.45. The number of carbonyl (C=O) groups is 1. The van der Waals surface area contributed by atoms with Crippen LogP contribution in [0.4, 0.5) is 5.13 Å². The van der Waals surface area contributed by atoms with Gasteiger partial charge in [0.2, 0.25) is 0 Å². The summed E-state index contributed by atoms with van der Waals surface area (Å²) in [7, 11) is 1.58. The molecule has 0 unspecified atom stereocenters. The van der Waals surface area contributed by atoms with Gasteiger partial charge in [0.1, 0.15) is 19.0 Å². The molecular formula is C23H27N3O4S. The molecule has 1 aliphatic rings. The first-order valence-electron chi connectivity index (χ1n) is 10.5. The van der Waals surface area contributed by atoms with Crippen molar-refractivity contribution >= 4 is 32.6 Å². The van der Waals surface area contributed by atoms with E-state index in [0.29, 0.717) is 42.0 Å². The van der Waals surface area contributed by atoms with Crippen LogP contribution in [0, 0.1) is 0 Å². The lowest BCUT2D eigenvalue weighted by molar-refractivity contribution is 0.0981. The van der Waals surface area contributed by atoms with E-state index in [9.17, 15) is 4.79 Å². The molecule has 2 heterocycles. The number of carbonyl (C=O) groups excluding carboxylic acids is 1. The number of aromatic nitrogens is 1. The molecule has 0 N–H and O–H groups in total. The van der Waals surface area contributed by atoms with Gasteiger partial charge in [0.15, 0.2) is 16.6 Å². The summed E-state index contributed by atoms with van der Waals surface area (Å²) in [6, 6.07) is 11.1. The van der Waals surface area contributed by atoms with E-state index in [2.05, 4.69) is 18.7 Å². The van der Waals surface area contributed by atoms with Gasteiger partial charge in [0.05, 0.1) is 22.9 Å². The molecule has 2 aromatic carbocycles. The normalized spacial score (nSPS) is 12.9. The van der Waals surface area contributed by atoms with E-state index >= 15 is 0 Å². The molecule has 7 nitrogen and oxygen atoms in total. The molecule has 164 valence electrons. The molecule has 0 saturated carbocycles. The predicted octanol–water partition coefficient (Wildman–Crippen LogP) is 4.06. The summed E-state index contributed by atoms with van der Waals surface area (Å²) in [6.45, 7) is 8.45. The van der Waals surface area contributed by atoms with Crippen molar-refractivity contribution in [3.05, 3.63) is 42.0 Å². The lowest BCUT2D eigenvalue weighted by Crippen LogP contribution is -2.39. The van der Waals surface area contributed by atoms with Crippen LogP contribution >= 0.6 is 11.3 Å². The zero-order valence-electron chi connectivity index (χ0n) is 18.1. The second-order valence-electron chi connectivity index (χ2n) is 7.14. The quantitative estimate of drug-likeness (QED) is 0.525. The van der Waals surface area contributed by atoms with Gasteiger partial charge in [-0.05, 0) is 25.2 Å². The first kappa shape index (κ1) is 21.4. The van der Waals surface area contributed by atoms with E-state index in [4.69, 9.17) is 19.2 Å². The average Bonchev–Trinajstić information content (AvgIpc) is 3.22. The molecule has 3 aromatic rings.